The third kappa shape index (κ3) is 2.93. The quantitative estimate of drug-likeness (QED) is 0.574. The molecule has 0 aromatic heterocycles. The van der Waals surface area contributed by atoms with Gasteiger partial charge in [0.2, 0.25) is 0 Å². The number of aliphatic hydroxyl groups is 2. The number of carbonyl (C=O) groups excluding carboxylic acids is 1. The van der Waals surface area contributed by atoms with Gasteiger partial charge in [-0.2, -0.15) is 0 Å². The van der Waals surface area contributed by atoms with Crippen LogP contribution in [0.2, 0.25) is 0 Å². The fourth-order valence-electron chi connectivity index (χ4n) is 3.01. The summed E-state index contributed by atoms with van der Waals surface area (Å²) in [4.78, 5) is 11.3. The normalized spacial score (nSPS) is 33.6. The van der Waals surface area contributed by atoms with Crippen molar-refractivity contribution in [3.05, 3.63) is 0 Å². The van der Waals surface area contributed by atoms with Crippen LogP contribution in [0.15, 0.2) is 0 Å². The molecule has 0 heterocycles. The number of rotatable bonds is 5. The molecule has 2 rings (SSSR count). The van der Waals surface area contributed by atoms with Crippen molar-refractivity contribution in [3.8, 4) is 11.8 Å². The van der Waals surface area contributed by atoms with Gasteiger partial charge in [-0.3, -0.25) is 4.79 Å². The topological polar surface area (TPSA) is 57.5 Å². The van der Waals surface area contributed by atoms with Crippen LogP contribution in [0.5, 0.6) is 0 Å². The van der Waals surface area contributed by atoms with E-state index in [1.54, 1.807) is 0 Å². The lowest BCUT2D eigenvalue weighted by molar-refractivity contribution is -0.135. The molecule has 18 heavy (non-hydrogen) atoms. The Bertz CT molecular complexity index is 352. The fraction of sp³-hybridized carbons (Fsp3) is 0.800. The lowest BCUT2D eigenvalue weighted by Crippen LogP contribution is -2.38. The molecule has 3 heteroatoms. The molecule has 0 aliphatic heterocycles. The van der Waals surface area contributed by atoms with Crippen LogP contribution in [0.3, 0.4) is 0 Å². The van der Waals surface area contributed by atoms with Gasteiger partial charge >= 0.3 is 0 Å². The predicted octanol–water partition coefficient (Wildman–Crippen LogP) is 1.52. The molecule has 3 nitrogen and oxygen atoms in total. The molecule has 2 aliphatic rings. The second kappa shape index (κ2) is 6.36. The van der Waals surface area contributed by atoms with Crippen LogP contribution in [0, 0.1) is 29.6 Å². The van der Waals surface area contributed by atoms with Crippen LogP contribution in [0.4, 0.5) is 0 Å². The highest BCUT2D eigenvalue weighted by Crippen LogP contribution is 2.47. The second-order valence-electron chi connectivity index (χ2n) is 5.48. The average molecular weight is 250 g/mol. The first kappa shape index (κ1) is 13.6. The van der Waals surface area contributed by atoms with Crippen molar-refractivity contribution >= 4 is 5.78 Å². The molecule has 0 saturated heterocycles. The van der Waals surface area contributed by atoms with E-state index in [2.05, 4.69) is 11.8 Å². The molecular weight excluding hydrogens is 228 g/mol. The van der Waals surface area contributed by atoms with Crippen LogP contribution in [0.1, 0.15) is 44.9 Å². The minimum absolute atomic E-state index is 0.0175. The van der Waals surface area contributed by atoms with Crippen LogP contribution in [-0.2, 0) is 4.79 Å². The molecule has 2 saturated carbocycles. The van der Waals surface area contributed by atoms with Crippen molar-refractivity contribution in [3.63, 3.8) is 0 Å². The third-order valence-electron chi connectivity index (χ3n) is 4.22. The van der Waals surface area contributed by atoms with E-state index < -0.39 is 0 Å². The zero-order valence-corrected chi connectivity index (χ0v) is 10.8. The highest BCUT2D eigenvalue weighted by molar-refractivity contribution is 5.88. The molecule has 0 spiro atoms. The molecule has 0 aromatic rings. The maximum absolute atomic E-state index is 11.3. The van der Waals surface area contributed by atoms with E-state index in [1.807, 2.05) is 0 Å². The minimum atomic E-state index is -0.380. The van der Waals surface area contributed by atoms with E-state index >= 15 is 0 Å². The van der Waals surface area contributed by atoms with E-state index in [9.17, 15) is 9.90 Å². The summed E-state index contributed by atoms with van der Waals surface area (Å²) in [6, 6.07) is 0. The van der Waals surface area contributed by atoms with Crippen LogP contribution in [-0.4, -0.2) is 28.7 Å². The molecule has 100 valence electrons. The van der Waals surface area contributed by atoms with Crippen molar-refractivity contribution in [1.82, 2.24) is 0 Å². The van der Waals surface area contributed by atoms with E-state index in [4.69, 9.17) is 5.11 Å². The maximum Gasteiger partial charge on any atom is 0.136 e. The van der Waals surface area contributed by atoms with E-state index in [0.29, 0.717) is 12.2 Å². The molecule has 0 radical (unpaired) electrons. The highest BCUT2D eigenvalue weighted by atomic mass is 16.3. The summed E-state index contributed by atoms with van der Waals surface area (Å²) in [7, 11) is 0. The first-order chi connectivity index (χ1) is 8.74. The van der Waals surface area contributed by atoms with Gasteiger partial charge in [0.25, 0.3) is 0 Å². The average Bonchev–Trinajstić information content (AvgIpc) is 2.61. The standard InChI is InChI=1S/C15H22O3/c16-8-6-4-2-1-3-5-7-11-9-12-13(15(11)18)10-14(12)17/h11-13,15-16,18H,1-4,6,8-10H2/t11-,12-,13?,15?/m0/s1. The number of hydrogen-bond donors (Lipinski definition) is 2. The van der Waals surface area contributed by atoms with Crippen LogP contribution >= 0.6 is 0 Å². The Kier molecular flexibility index (Phi) is 4.79. The Labute approximate surface area is 109 Å². The summed E-state index contributed by atoms with van der Waals surface area (Å²) in [5, 5.41) is 18.6. The summed E-state index contributed by atoms with van der Waals surface area (Å²) in [6.07, 6.45) is 5.90. The summed E-state index contributed by atoms with van der Waals surface area (Å²) in [5.74, 6) is 6.90. The van der Waals surface area contributed by atoms with Gasteiger partial charge in [-0.25, -0.2) is 0 Å². The van der Waals surface area contributed by atoms with E-state index in [1.165, 1.54) is 0 Å². The molecule has 0 aromatic carbocycles. The van der Waals surface area contributed by atoms with Gasteiger partial charge in [-0.05, 0) is 19.3 Å². The molecule has 2 N–H and O–H groups in total. The SMILES string of the molecule is O=C1CC2C(O)[C@@H](C#CCCCCCCO)C[C@H]12. The van der Waals surface area contributed by atoms with E-state index in [0.717, 1.165) is 38.5 Å². The fourth-order valence-corrected chi connectivity index (χ4v) is 3.01. The van der Waals surface area contributed by atoms with Crippen LogP contribution in [0.25, 0.3) is 0 Å². The van der Waals surface area contributed by atoms with Gasteiger partial charge in [0.1, 0.15) is 5.78 Å². The van der Waals surface area contributed by atoms with Gasteiger partial charge in [0.05, 0.1) is 6.10 Å². The number of Topliss-reactive ketones (excluding diaryl/α,β-unsaturated/α-hetero) is 1. The molecule has 0 amide bonds. The molecule has 2 unspecified atom stereocenters. The Hall–Kier alpha value is -0.850. The predicted molar refractivity (Wildman–Crippen MR) is 68.7 cm³/mol. The zero-order chi connectivity index (χ0) is 13.0. The van der Waals surface area contributed by atoms with Crippen molar-refractivity contribution in [2.24, 2.45) is 17.8 Å². The molecule has 4 atom stereocenters. The molecular formula is C15H22O3. The summed E-state index contributed by atoms with van der Waals surface area (Å²) in [5.41, 5.74) is 0. The Morgan fingerprint density at radius 3 is 2.67 bits per heavy atom. The Morgan fingerprint density at radius 2 is 2.00 bits per heavy atom. The second-order valence-corrected chi connectivity index (χ2v) is 5.48. The number of fused-ring (bicyclic) bond motifs is 1. The van der Waals surface area contributed by atoms with Gasteiger partial charge < -0.3 is 10.2 Å². The van der Waals surface area contributed by atoms with Gasteiger partial charge in [-0.15, -0.1) is 5.92 Å². The van der Waals surface area contributed by atoms with Crippen LogP contribution < -0.4 is 0 Å². The highest BCUT2D eigenvalue weighted by Gasteiger charge is 2.52. The summed E-state index contributed by atoms with van der Waals surface area (Å²) in [6.45, 7) is 0.275. The number of ketones is 1. The third-order valence-corrected chi connectivity index (χ3v) is 4.22. The number of carbonyl (C=O) groups is 1. The smallest absolute Gasteiger partial charge is 0.136 e. The minimum Gasteiger partial charge on any atom is -0.396 e. The summed E-state index contributed by atoms with van der Waals surface area (Å²) < 4.78 is 0. The number of unbranched alkanes of at least 4 members (excludes halogenated alkanes) is 4. The largest absolute Gasteiger partial charge is 0.396 e. The first-order valence-corrected chi connectivity index (χ1v) is 7.04. The lowest BCUT2D eigenvalue weighted by atomic mass is 9.74. The van der Waals surface area contributed by atoms with Gasteiger partial charge in [-0.1, -0.05) is 18.8 Å². The molecule has 2 fully saturated rings. The Morgan fingerprint density at radius 1 is 1.22 bits per heavy atom. The van der Waals surface area contributed by atoms with Gasteiger partial charge in [0.15, 0.2) is 0 Å². The van der Waals surface area contributed by atoms with E-state index in [-0.39, 0.29) is 30.5 Å². The first-order valence-electron chi connectivity index (χ1n) is 7.04. The zero-order valence-electron chi connectivity index (χ0n) is 10.8. The molecule has 2 aliphatic carbocycles. The number of hydrogen-bond acceptors (Lipinski definition) is 3. The number of aliphatic hydroxyl groups excluding tert-OH is 2. The summed E-state index contributed by atoms with van der Waals surface area (Å²) >= 11 is 0. The van der Waals surface area contributed by atoms with Crippen molar-refractivity contribution < 1.29 is 15.0 Å². The van der Waals surface area contributed by atoms with Gasteiger partial charge in [0, 0.05) is 37.2 Å². The lowest BCUT2D eigenvalue weighted by Gasteiger charge is -2.29. The molecule has 0 bridgehead atoms. The van der Waals surface area contributed by atoms with Crippen molar-refractivity contribution in [2.45, 2.75) is 51.0 Å². The monoisotopic (exact) mass is 250 g/mol. The maximum atomic E-state index is 11.3. The Balaban J connectivity index is 1.66. The van der Waals surface area contributed by atoms with Crippen molar-refractivity contribution in [2.75, 3.05) is 6.61 Å². The van der Waals surface area contributed by atoms with Crippen molar-refractivity contribution in [1.29, 1.82) is 0 Å².